The number of hydrogen-bond acceptors (Lipinski definition) is 3. The van der Waals surface area contributed by atoms with Crippen LogP contribution in [0.15, 0.2) is 0 Å². The van der Waals surface area contributed by atoms with Gasteiger partial charge < -0.3 is 15.2 Å². The number of aliphatic hydroxyl groups excluding tert-OH is 1. The Morgan fingerprint density at radius 2 is 2.40 bits per heavy atom. The Bertz CT molecular complexity index is 155. The van der Waals surface area contributed by atoms with Crippen molar-refractivity contribution in [2.24, 2.45) is 0 Å². The molecule has 10 heavy (non-hydrogen) atoms. The highest BCUT2D eigenvalue weighted by Crippen LogP contribution is 2.13. The van der Waals surface area contributed by atoms with E-state index in [-0.39, 0.29) is 6.61 Å². The monoisotopic (exact) mass is 145 g/mol. The summed E-state index contributed by atoms with van der Waals surface area (Å²) in [5.74, 6) is 0. The van der Waals surface area contributed by atoms with Crippen LogP contribution >= 0.6 is 0 Å². The smallest absolute Gasteiger partial charge is 0.407 e. The number of aliphatic hydroxyl groups is 1. The molecule has 1 aliphatic rings. The molecule has 1 atom stereocenters. The molecule has 0 aliphatic carbocycles. The van der Waals surface area contributed by atoms with E-state index in [0.29, 0.717) is 0 Å². The lowest BCUT2D eigenvalue weighted by molar-refractivity contribution is -0.0137. The third-order valence-corrected chi connectivity index (χ3v) is 1.63. The van der Waals surface area contributed by atoms with Crippen molar-refractivity contribution < 1.29 is 14.6 Å². The predicted octanol–water partition coefficient (Wildman–Crippen LogP) is -0.134. The minimum absolute atomic E-state index is 0.0822. The fourth-order valence-electron chi connectivity index (χ4n) is 0.745. The highest BCUT2D eigenvalue weighted by Gasteiger charge is 2.35. The minimum Gasteiger partial charge on any atom is -0.447 e. The normalized spacial score (nSPS) is 30.7. The van der Waals surface area contributed by atoms with Gasteiger partial charge in [-0.3, -0.25) is 0 Å². The Kier molecular flexibility index (Phi) is 1.56. The number of ether oxygens (including phenoxy) is 1. The van der Waals surface area contributed by atoms with Crippen molar-refractivity contribution in [1.82, 2.24) is 5.32 Å². The first-order chi connectivity index (χ1) is 4.52. The van der Waals surface area contributed by atoms with Gasteiger partial charge in [-0.1, -0.05) is 0 Å². The Balaban J connectivity index is 2.63. The zero-order chi connectivity index (χ0) is 7.78. The van der Waals surface area contributed by atoms with E-state index in [1.807, 2.05) is 0 Å². The molecule has 0 aromatic carbocycles. The van der Waals surface area contributed by atoms with Crippen LogP contribution < -0.4 is 5.32 Å². The molecule has 1 saturated heterocycles. The lowest BCUT2D eigenvalue weighted by Gasteiger charge is -2.34. The molecule has 1 rings (SSSR count). The van der Waals surface area contributed by atoms with Crippen molar-refractivity contribution in [3.8, 4) is 0 Å². The zero-order valence-electron chi connectivity index (χ0n) is 6.05. The summed E-state index contributed by atoms with van der Waals surface area (Å²) in [6.45, 7) is 3.58. The van der Waals surface area contributed by atoms with E-state index in [1.54, 1.807) is 13.8 Å². The van der Waals surface area contributed by atoms with Gasteiger partial charge in [-0.05, 0) is 13.8 Å². The zero-order valence-corrected chi connectivity index (χ0v) is 6.05. The van der Waals surface area contributed by atoms with E-state index < -0.39 is 17.7 Å². The van der Waals surface area contributed by atoms with Crippen molar-refractivity contribution in [2.45, 2.75) is 25.5 Å². The summed E-state index contributed by atoms with van der Waals surface area (Å²) in [4.78, 5) is 10.6. The van der Waals surface area contributed by atoms with Crippen molar-refractivity contribution in [3.63, 3.8) is 0 Å². The molecule has 1 amide bonds. The summed E-state index contributed by atoms with van der Waals surface area (Å²) in [6, 6.07) is 0. The number of nitrogens with one attached hydrogen (secondary N) is 1. The molecule has 4 nitrogen and oxygen atoms in total. The van der Waals surface area contributed by atoms with Gasteiger partial charge in [-0.2, -0.15) is 0 Å². The van der Waals surface area contributed by atoms with Crippen LogP contribution in [-0.2, 0) is 4.74 Å². The van der Waals surface area contributed by atoms with Crippen molar-refractivity contribution in [3.05, 3.63) is 0 Å². The van der Waals surface area contributed by atoms with Crippen LogP contribution in [0, 0.1) is 0 Å². The van der Waals surface area contributed by atoms with Gasteiger partial charge >= 0.3 is 6.09 Å². The van der Waals surface area contributed by atoms with Crippen LogP contribution in [0.3, 0.4) is 0 Å². The lowest BCUT2D eigenvalue weighted by Crippen LogP contribution is -2.58. The van der Waals surface area contributed by atoms with Crippen LogP contribution in [-0.4, -0.2) is 29.4 Å². The summed E-state index contributed by atoms with van der Waals surface area (Å²) in [5, 5.41) is 11.7. The molecular formula is C6H11NO3. The summed E-state index contributed by atoms with van der Waals surface area (Å²) in [5.41, 5.74) is -0.560. The Hall–Kier alpha value is -0.770. The second-order valence-corrected chi connectivity index (χ2v) is 2.96. The van der Waals surface area contributed by atoms with Gasteiger partial charge in [0.05, 0.1) is 5.54 Å². The minimum atomic E-state index is -0.620. The molecule has 1 heterocycles. The average molecular weight is 145 g/mol. The van der Waals surface area contributed by atoms with E-state index in [9.17, 15) is 9.90 Å². The van der Waals surface area contributed by atoms with E-state index in [2.05, 4.69) is 10.1 Å². The largest absolute Gasteiger partial charge is 0.447 e. The molecule has 0 aromatic heterocycles. The fraction of sp³-hybridized carbons (Fsp3) is 0.833. The topological polar surface area (TPSA) is 58.6 Å². The quantitative estimate of drug-likeness (QED) is 0.499. The number of rotatable bonds is 0. The van der Waals surface area contributed by atoms with Gasteiger partial charge in [0.1, 0.15) is 12.7 Å². The van der Waals surface area contributed by atoms with Crippen LogP contribution in [0.25, 0.3) is 0 Å². The third-order valence-electron chi connectivity index (χ3n) is 1.63. The molecular weight excluding hydrogens is 134 g/mol. The van der Waals surface area contributed by atoms with E-state index in [1.165, 1.54) is 0 Å². The lowest BCUT2D eigenvalue weighted by atomic mass is 9.97. The highest BCUT2D eigenvalue weighted by atomic mass is 16.6. The second kappa shape index (κ2) is 2.12. The number of cyclic esters (lactones) is 1. The van der Waals surface area contributed by atoms with E-state index in [4.69, 9.17) is 0 Å². The van der Waals surface area contributed by atoms with Gasteiger partial charge in [0, 0.05) is 0 Å². The van der Waals surface area contributed by atoms with Crippen molar-refractivity contribution >= 4 is 6.09 Å². The molecule has 0 spiro atoms. The van der Waals surface area contributed by atoms with Crippen LogP contribution in [0.2, 0.25) is 0 Å². The Labute approximate surface area is 59.2 Å². The number of alkyl carbamates (subject to hydrolysis) is 1. The second-order valence-electron chi connectivity index (χ2n) is 2.96. The van der Waals surface area contributed by atoms with Crippen molar-refractivity contribution in [2.75, 3.05) is 6.61 Å². The molecule has 1 aliphatic heterocycles. The summed E-state index contributed by atoms with van der Waals surface area (Å²) in [6.07, 6.45) is -1.08. The third kappa shape index (κ3) is 1.21. The van der Waals surface area contributed by atoms with E-state index in [0.717, 1.165) is 0 Å². The molecule has 0 aromatic rings. The molecule has 4 heteroatoms. The summed E-state index contributed by atoms with van der Waals surface area (Å²) in [7, 11) is 0. The molecule has 0 radical (unpaired) electrons. The van der Waals surface area contributed by atoms with Gasteiger partial charge in [-0.25, -0.2) is 4.79 Å². The summed E-state index contributed by atoms with van der Waals surface area (Å²) >= 11 is 0. The Morgan fingerprint density at radius 1 is 1.80 bits per heavy atom. The first-order valence-electron chi connectivity index (χ1n) is 3.15. The molecule has 2 N–H and O–H groups in total. The first-order valence-corrected chi connectivity index (χ1v) is 3.15. The molecule has 0 bridgehead atoms. The van der Waals surface area contributed by atoms with Gasteiger partial charge in [0.25, 0.3) is 0 Å². The highest BCUT2D eigenvalue weighted by molar-refractivity contribution is 5.69. The maximum atomic E-state index is 10.6. The van der Waals surface area contributed by atoms with Gasteiger partial charge in [0.15, 0.2) is 0 Å². The van der Waals surface area contributed by atoms with Crippen molar-refractivity contribution in [1.29, 1.82) is 0 Å². The van der Waals surface area contributed by atoms with Gasteiger partial charge in [-0.15, -0.1) is 0 Å². The van der Waals surface area contributed by atoms with Crippen LogP contribution in [0.5, 0.6) is 0 Å². The predicted molar refractivity (Wildman–Crippen MR) is 34.6 cm³/mol. The van der Waals surface area contributed by atoms with E-state index >= 15 is 0 Å². The first kappa shape index (κ1) is 7.34. The average Bonchev–Trinajstić information content (AvgIpc) is 1.78. The van der Waals surface area contributed by atoms with Gasteiger partial charge in [0.2, 0.25) is 0 Å². The number of amides is 1. The maximum absolute atomic E-state index is 10.6. The fourth-order valence-corrected chi connectivity index (χ4v) is 0.745. The maximum Gasteiger partial charge on any atom is 0.407 e. The van der Waals surface area contributed by atoms with Crippen LogP contribution in [0.4, 0.5) is 4.79 Å². The Morgan fingerprint density at radius 3 is 2.80 bits per heavy atom. The SMILES string of the molecule is CC1(C)NC(=O)OCC1O. The molecule has 58 valence electrons. The van der Waals surface area contributed by atoms with Crippen LogP contribution in [0.1, 0.15) is 13.8 Å². The number of carbonyl (C=O) groups excluding carboxylic acids is 1. The summed E-state index contributed by atoms with van der Waals surface area (Å²) < 4.78 is 4.53. The number of carbonyl (C=O) groups is 1. The molecule has 1 fully saturated rings. The molecule has 1 unspecified atom stereocenters. The number of hydrogen-bond donors (Lipinski definition) is 2. The standard InChI is InChI=1S/C6H11NO3/c1-6(2)4(8)3-10-5(9)7-6/h4,8H,3H2,1-2H3,(H,7,9). The molecule has 0 saturated carbocycles.